The Balaban J connectivity index is 2.89. The standard InChI is InChI=1S/C9H10ClNO3/c1-2-14-6-7-3-4-8(10)9(5-7)11(12)13/h3-5H,2,6H2,1H3. The van der Waals surface area contributed by atoms with Gasteiger partial charge in [-0.15, -0.1) is 0 Å². The van der Waals surface area contributed by atoms with Gasteiger partial charge in [-0.05, 0) is 18.6 Å². The molecule has 0 aliphatic rings. The van der Waals surface area contributed by atoms with Gasteiger partial charge in [0.25, 0.3) is 5.69 Å². The molecule has 1 aromatic carbocycles. The van der Waals surface area contributed by atoms with E-state index in [2.05, 4.69) is 0 Å². The number of hydrogen-bond acceptors (Lipinski definition) is 3. The minimum atomic E-state index is -0.502. The first-order valence-electron chi connectivity index (χ1n) is 4.15. The summed E-state index contributed by atoms with van der Waals surface area (Å²) in [5.41, 5.74) is 0.673. The largest absolute Gasteiger partial charge is 0.377 e. The van der Waals surface area contributed by atoms with Crippen LogP contribution in [0.5, 0.6) is 0 Å². The Morgan fingerprint density at radius 3 is 2.86 bits per heavy atom. The van der Waals surface area contributed by atoms with Crippen molar-refractivity contribution in [3.8, 4) is 0 Å². The number of nitro groups is 1. The van der Waals surface area contributed by atoms with Gasteiger partial charge in [-0.25, -0.2) is 0 Å². The molecule has 0 bridgehead atoms. The van der Waals surface area contributed by atoms with Crippen LogP contribution in [0.4, 0.5) is 5.69 Å². The van der Waals surface area contributed by atoms with Crippen molar-refractivity contribution in [1.29, 1.82) is 0 Å². The number of benzene rings is 1. The first-order chi connectivity index (χ1) is 6.65. The Morgan fingerprint density at radius 1 is 1.57 bits per heavy atom. The normalized spacial score (nSPS) is 10.1. The molecule has 0 aliphatic carbocycles. The van der Waals surface area contributed by atoms with Crippen LogP contribution >= 0.6 is 11.6 Å². The summed E-state index contributed by atoms with van der Waals surface area (Å²) in [7, 11) is 0. The van der Waals surface area contributed by atoms with Gasteiger partial charge in [0, 0.05) is 12.7 Å². The number of rotatable bonds is 4. The Bertz CT molecular complexity index is 341. The highest BCUT2D eigenvalue weighted by molar-refractivity contribution is 6.32. The summed E-state index contributed by atoms with van der Waals surface area (Å²) in [4.78, 5) is 10.0. The lowest BCUT2D eigenvalue weighted by atomic mass is 10.2. The van der Waals surface area contributed by atoms with Crippen molar-refractivity contribution in [2.24, 2.45) is 0 Å². The summed E-state index contributed by atoms with van der Waals surface area (Å²) in [5.74, 6) is 0. The van der Waals surface area contributed by atoms with Crippen molar-refractivity contribution < 1.29 is 9.66 Å². The molecule has 0 unspecified atom stereocenters. The molecule has 1 rings (SSSR count). The summed E-state index contributed by atoms with van der Waals surface area (Å²) in [6.07, 6.45) is 0. The van der Waals surface area contributed by atoms with Gasteiger partial charge < -0.3 is 4.74 Å². The average Bonchev–Trinajstić information content (AvgIpc) is 2.16. The zero-order valence-corrected chi connectivity index (χ0v) is 8.45. The van der Waals surface area contributed by atoms with Crippen LogP contribution in [-0.2, 0) is 11.3 Å². The van der Waals surface area contributed by atoms with Crippen LogP contribution in [0, 0.1) is 10.1 Å². The number of halogens is 1. The van der Waals surface area contributed by atoms with Gasteiger partial charge in [-0.3, -0.25) is 10.1 Å². The lowest BCUT2D eigenvalue weighted by molar-refractivity contribution is -0.384. The highest BCUT2D eigenvalue weighted by Crippen LogP contribution is 2.25. The van der Waals surface area contributed by atoms with Gasteiger partial charge >= 0.3 is 0 Å². The van der Waals surface area contributed by atoms with Gasteiger partial charge in [-0.2, -0.15) is 0 Å². The maximum atomic E-state index is 10.5. The van der Waals surface area contributed by atoms with Crippen LogP contribution in [0.25, 0.3) is 0 Å². The number of ether oxygens (including phenoxy) is 1. The summed E-state index contributed by atoms with van der Waals surface area (Å²) in [6.45, 7) is 2.81. The molecule has 0 fully saturated rings. The van der Waals surface area contributed by atoms with Crippen molar-refractivity contribution in [3.63, 3.8) is 0 Å². The molecule has 0 aromatic heterocycles. The number of hydrogen-bond donors (Lipinski definition) is 0. The lowest BCUT2D eigenvalue weighted by Crippen LogP contribution is -1.95. The molecule has 0 aliphatic heterocycles. The monoisotopic (exact) mass is 215 g/mol. The molecular formula is C9H10ClNO3. The predicted octanol–water partition coefficient (Wildman–Crippen LogP) is 2.78. The Hall–Kier alpha value is -1.13. The zero-order chi connectivity index (χ0) is 10.6. The summed E-state index contributed by atoms with van der Waals surface area (Å²) >= 11 is 5.64. The summed E-state index contributed by atoms with van der Waals surface area (Å²) in [6, 6.07) is 4.65. The Labute approximate surface area is 86.6 Å². The fourth-order valence-electron chi connectivity index (χ4n) is 1.01. The molecule has 0 radical (unpaired) electrons. The van der Waals surface area contributed by atoms with Gasteiger partial charge in [0.1, 0.15) is 5.02 Å². The SMILES string of the molecule is CCOCc1ccc(Cl)c([N+](=O)[O-])c1. The fourth-order valence-corrected chi connectivity index (χ4v) is 1.19. The fraction of sp³-hybridized carbons (Fsp3) is 0.333. The highest BCUT2D eigenvalue weighted by Gasteiger charge is 2.12. The molecule has 1 aromatic rings. The van der Waals surface area contributed by atoms with E-state index < -0.39 is 4.92 Å². The van der Waals surface area contributed by atoms with E-state index in [1.807, 2.05) is 6.92 Å². The van der Waals surface area contributed by atoms with Crippen LogP contribution < -0.4 is 0 Å². The van der Waals surface area contributed by atoms with Crippen molar-refractivity contribution in [3.05, 3.63) is 38.9 Å². The first-order valence-corrected chi connectivity index (χ1v) is 4.53. The third-order valence-electron chi connectivity index (χ3n) is 1.68. The van der Waals surface area contributed by atoms with E-state index in [0.29, 0.717) is 13.2 Å². The van der Waals surface area contributed by atoms with Crippen molar-refractivity contribution in [1.82, 2.24) is 0 Å². The van der Waals surface area contributed by atoms with Gasteiger partial charge in [0.2, 0.25) is 0 Å². The molecule has 0 amide bonds. The van der Waals surface area contributed by atoms with E-state index in [1.165, 1.54) is 12.1 Å². The highest BCUT2D eigenvalue weighted by atomic mass is 35.5. The minimum Gasteiger partial charge on any atom is -0.377 e. The van der Waals surface area contributed by atoms with E-state index in [0.717, 1.165) is 5.56 Å². The third-order valence-corrected chi connectivity index (χ3v) is 2.00. The average molecular weight is 216 g/mol. The van der Waals surface area contributed by atoms with Gasteiger partial charge in [0.05, 0.1) is 11.5 Å². The molecule has 0 saturated carbocycles. The molecule has 0 atom stereocenters. The lowest BCUT2D eigenvalue weighted by Gasteiger charge is -2.02. The van der Waals surface area contributed by atoms with Crippen molar-refractivity contribution in [2.45, 2.75) is 13.5 Å². The topological polar surface area (TPSA) is 52.4 Å². The second-order valence-electron chi connectivity index (χ2n) is 2.68. The van der Waals surface area contributed by atoms with Crippen LogP contribution in [-0.4, -0.2) is 11.5 Å². The van der Waals surface area contributed by atoms with E-state index in [1.54, 1.807) is 6.07 Å². The van der Waals surface area contributed by atoms with E-state index >= 15 is 0 Å². The predicted molar refractivity (Wildman–Crippen MR) is 53.4 cm³/mol. The molecule has 0 saturated heterocycles. The van der Waals surface area contributed by atoms with E-state index in [4.69, 9.17) is 16.3 Å². The second kappa shape index (κ2) is 4.93. The number of nitro benzene ring substituents is 1. The minimum absolute atomic E-state index is 0.0798. The molecule has 0 heterocycles. The molecule has 5 heteroatoms. The number of nitrogens with zero attached hydrogens (tertiary/aromatic N) is 1. The van der Waals surface area contributed by atoms with E-state index in [-0.39, 0.29) is 10.7 Å². The quantitative estimate of drug-likeness (QED) is 0.573. The molecule has 0 spiro atoms. The Kier molecular flexibility index (Phi) is 3.85. The van der Waals surface area contributed by atoms with Crippen LogP contribution in [0.3, 0.4) is 0 Å². The zero-order valence-electron chi connectivity index (χ0n) is 7.70. The molecule has 76 valence electrons. The summed E-state index contributed by atoms with van der Waals surface area (Å²) in [5, 5.41) is 10.7. The molecule has 0 N–H and O–H groups in total. The van der Waals surface area contributed by atoms with Crippen LogP contribution in [0.2, 0.25) is 5.02 Å². The van der Waals surface area contributed by atoms with Gasteiger partial charge in [0.15, 0.2) is 0 Å². The van der Waals surface area contributed by atoms with Crippen molar-refractivity contribution >= 4 is 17.3 Å². The Morgan fingerprint density at radius 2 is 2.29 bits per heavy atom. The van der Waals surface area contributed by atoms with E-state index in [9.17, 15) is 10.1 Å². The first kappa shape index (κ1) is 10.9. The van der Waals surface area contributed by atoms with Crippen molar-refractivity contribution in [2.75, 3.05) is 6.61 Å². The van der Waals surface area contributed by atoms with Crippen LogP contribution in [0.1, 0.15) is 12.5 Å². The molecular weight excluding hydrogens is 206 g/mol. The maximum Gasteiger partial charge on any atom is 0.288 e. The summed E-state index contributed by atoms with van der Waals surface area (Å²) < 4.78 is 5.13. The van der Waals surface area contributed by atoms with Gasteiger partial charge in [-0.1, -0.05) is 17.7 Å². The third kappa shape index (κ3) is 2.68. The van der Waals surface area contributed by atoms with Crippen LogP contribution in [0.15, 0.2) is 18.2 Å². The molecule has 4 nitrogen and oxygen atoms in total. The smallest absolute Gasteiger partial charge is 0.288 e. The second-order valence-corrected chi connectivity index (χ2v) is 3.09. The molecule has 14 heavy (non-hydrogen) atoms. The maximum absolute atomic E-state index is 10.5.